The van der Waals surface area contributed by atoms with Gasteiger partial charge in [0.2, 0.25) is 0 Å². The normalized spacial score (nSPS) is 13.6. The lowest BCUT2D eigenvalue weighted by molar-refractivity contribution is 0.0734. The summed E-state index contributed by atoms with van der Waals surface area (Å²) in [7, 11) is 0. The molecule has 4 rings (SSSR count). The summed E-state index contributed by atoms with van der Waals surface area (Å²) >= 11 is 0. The molecule has 1 amide bonds. The first-order valence-electron chi connectivity index (χ1n) is 8.33. The maximum absolute atomic E-state index is 12.8. The number of hydrogen-bond donors (Lipinski definition) is 1. The number of aromatic amines is 1. The van der Waals surface area contributed by atoms with Gasteiger partial charge in [-0.25, -0.2) is 4.98 Å². The number of rotatable bonds is 2. The standard InChI is InChI=1S/C19H19N5O/c1-12-9-20-13(2)18(22-12)14-3-5-15(6-4-14)19(25)24-8-7-17-16(11-24)10-21-23-17/h3-6,9-10H,7-8,11H2,1-2H3,(H,21,23). The highest BCUT2D eigenvalue weighted by Crippen LogP contribution is 2.22. The third-order valence-electron chi connectivity index (χ3n) is 4.57. The number of nitrogens with one attached hydrogen (secondary N) is 1. The Bertz CT molecular complexity index is 929. The summed E-state index contributed by atoms with van der Waals surface area (Å²) < 4.78 is 0. The van der Waals surface area contributed by atoms with Crippen molar-refractivity contribution < 1.29 is 4.79 Å². The van der Waals surface area contributed by atoms with E-state index in [1.165, 1.54) is 0 Å². The van der Waals surface area contributed by atoms with Gasteiger partial charge in [-0.05, 0) is 26.0 Å². The fraction of sp³-hybridized carbons (Fsp3) is 0.263. The molecule has 1 N–H and O–H groups in total. The van der Waals surface area contributed by atoms with Crippen molar-refractivity contribution in [1.29, 1.82) is 0 Å². The molecular formula is C19H19N5O. The Morgan fingerprint density at radius 3 is 2.76 bits per heavy atom. The van der Waals surface area contributed by atoms with E-state index < -0.39 is 0 Å². The highest BCUT2D eigenvalue weighted by Gasteiger charge is 2.23. The number of aromatic nitrogens is 4. The van der Waals surface area contributed by atoms with Crippen LogP contribution in [0.4, 0.5) is 0 Å². The summed E-state index contributed by atoms with van der Waals surface area (Å²) in [6, 6.07) is 7.62. The summed E-state index contributed by atoms with van der Waals surface area (Å²) in [5, 5.41) is 7.05. The van der Waals surface area contributed by atoms with Gasteiger partial charge >= 0.3 is 0 Å². The molecule has 0 saturated heterocycles. The zero-order chi connectivity index (χ0) is 17.4. The van der Waals surface area contributed by atoms with E-state index >= 15 is 0 Å². The van der Waals surface area contributed by atoms with Crippen molar-refractivity contribution in [1.82, 2.24) is 25.1 Å². The van der Waals surface area contributed by atoms with Gasteiger partial charge in [0, 0.05) is 48.1 Å². The second-order valence-corrected chi connectivity index (χ2v) is 6.37. The first-order chi connectivity index (χ1) is 12.1. The van der Waals surface area contributed by atoms with E-state index in [2.05, 4.69) is 20.2 Å². The molecular weight excluding hydrogens is 314 g/mol. The van der Waals surface area contributed by atoms with Crippen LogP contribution in [0.5, 0.6) is 0 Å². The molecule has 0 atom stereocenters. The average molecular weight is 333 g/mol. The maximum atomic E-state index is 12.8. The summed E-state index contributed by atoms with van der Waals surface area (Å²) in [5.74, 6) is 0.0467. The molecule has 1 aromatic carbocycles. The molecule has 2 aromatic heterocycles. The summed E-state index contributed by atoms with van der Waals surface area (Å²) in [4.78, 5) is 23.5. The van der Waals surface area contributed by atoms with Gasteiger partial charge in [-0.15, -0.1) is 0 Å². The van der Waals surface area contributed by atoms with Crippen LogP contribution >= 0.6 is 0 Å². The number of fused-ring (bicyclic) bond motifs is 1. The molecule has 1 aliphatic rings. The molecule has 0 fully saturated rings. The van der Waals surface area contributed by atoms with Gasteiger partial charge in [0.1, 0.15) is 0 Å². The van der Waals surface area contributed by atoms with Crippen molar-refractivity contribution >= 4 is 5.91 Å². The van der Waals surface area contributed by atoms with E-state index in [0.717, 1.165) is 40.3 Å². The van der Waals surface area contributed by atoms with Gasteiger partial charge < -0.3 is 4.90 Å². The van der Waals surface area contributed by atoms with E-state index in [9.17, 15) is 4.79 Å². The Labute approximate surface area is 145 Å². The molecule has 0 radical (unpaired) electrons. The predicted octanol–water partition coefficient (Wildman–Crippen LogP) is 2.68. The fourth-order valence-corrected chi connectivity index (χ4v) is 3.16. The van der Waals surface area contributed by atoms with E-state index in [-0.39, 0.29) is 5.91 Å². The molecule has 6 nitrogen and oxygen atoms in total. The Hall–Kier alpha value is -3.02. The first kappa shape index (κ1) is 15.5. The van der Waals surface area contributed by atoms with Crippen LogP contribution in [0.25, 0.3) is 11.3 Å². The van der Waals surface area contributed by atoms with Gasteiger partial charge in [-0.2, -0.15) is 5.10 Å². The van der Waals surface area contributed by atoms with Crippen LogP contribution in [-0.2, 0) is 13.0 Å². The van der Waals surface area contributed by atoms with Gasteiger partial charge in [0.25, 0.3) is 5.91 Å². The predicted molar refractivity (Wildman–Crippen MR) is 94.0 cm³/mol. The van der Waals surface area contributed by atoms with Gasteiger partial charge in [0.15, 0.2) is 0 Å². The Morgan fingerprint density at radius 1 is 1.16 bits per heavy atom. The molecule has 3 aromatic rings. The number of benzene rings is 1. The van der Waals surface area contributed by atoms with Crippen LogP contribution < -0.4 is 0 Å². The van der Waals surface area contributed by atoms with Crippen molar-refractivity contribution in [3.05, 3.63) is 64.9 Å². The van der Waals surface area contributed by atoms with Crippen molar-refractivity contribution in [3.63, 3.8) is 0 Å². The molecule has 0 aliphatic carbocycles. The molecule has 3 heterocycles. The molecule has 25 heavy (non-hydrogen) atoms. The third kappa shape index (κ3) is 2.91. The van der Waals surface area contributed by atoms with Crippen LogP contribution in [0.3, 0.4) is 0 Å². The minimum absolute atomic E-state index is 0.0467. The highest BCUT2D eigenvalue weighted by atomic mass is 16.2. The van der Waals surface area contributed by atoms with Crippen LogP contribution in [0.1, 0.15) is 33.0 Å². The Morgan fingerprint density at radius 2 is 1.96 bits per heavy atom. The number of hydrogen-bond acceptors (Lipinski definition) is 4. The van der Waals surface area contributed by atoms with E-state index in [0.29, 0.717) is 18.7 Å². The molecule has 0 unspecified atom stereocenters. The second-order valence-electron chi connectivity index (χ2n) is 6.37. The van der Waals surface area contributed by atoms with Gasteiger partial charge in [-0.1, -0.05) is 12.1 Å². The molecule has 0 bridgehead atoms. The molecule has 126 valence electrons. The highest BCUT2D eigenvalue weighted by molar-refractivity contribution is 5.94. The van der Waals surface area contributed by atoms with Crippen LogP contribution in [0, 0.1) is 13.8 Å². The number of carbonyl (C=O) groups excluding carboxylic acids is 1. The topological polar surface area (TPSA) is 74.8 Å². The SMILES string of the molecule is Cc1cnc(C)c(-c2ccc(C(=O)N3CCc4[nH]ncc4C3)cc2)n1. The first-order valence-corrected chi connectivity index (χ1v) is 8.33. The largest absolute Gasteiger partial charge is 0.334 e. The number of H-pyrrole nitrogens is 1. The van der Waals surface area contributed by atoms with Crippen molar-refractivity contribution in [2.45, 2.75) is 26.8 Å². The van der Waals surface area contributed by atoms with E-state index in [4.69, 9.17) is 0 Å². The molecule has 0 spiro atoms. The van der Waals surface area contributed by atoms with E-state index in [1.54, 1.807) is 12.4 Å². The molecule has 0 saturated carbocycles. The number of aryl methyl sites for hydroxylation is 2. The monoisotopic (exact) mass is 333 g/mol. The maximum Gasteiger partial charge on any atom is 0.254 e. The third-order valence-corrected chi connectivity index (χ3v) is 4.57. The quantitative estimate of drug-likeness (QED) is 0.782. The average Bonchev–Trinajstić information content (AvgIpc) is 3.11. The summed E-state index contributed by atoms with van der Waals surface area (Å²) in [5.41, 5.74) is 6.52. The van der Waals surface area contributed by atoms with Crippen LogP contribution in [-0.4, -0.2) is 37.5 Å². The zero-order valence-corrected chi connectivity index (χ0v) is 14.3. The number of carbonyl (C=O) groups is 1. The lowest BCUT2D eigenvalue weighted by Crippen LogP contribution is -2.35. The second kappa shape index (κ2) is 6.12. The smallest absolute Gasteiger partial charge is 0.254 e. The van der Waals surface area contributed by atoms with Crippen LogP contribution in [0.15, 0.2) is 36.7 Å². The molecule has 1 aliphatic heterocycles. The number of amides is 1. The van der Waals surface area contributed by atoms with Gasteiger partial charge in [-0.3, -0.25) is 14.9 Å². The minimum Gasteiger partial charge on any atom is -0.334 e. The summed E-state index contributed by atoms with van der Waals surface area (Å²) in [6.07, 6.45) is 4.38. The van der Waals surface area contributed by atoms with Crippen molar-refractivity contribution in [2.75, 3.05) is 6.54 Å². The van der Waals surface area contributed by atoms with Gasteiger partial charge in [0.05, 0.1) is 23.3 Å². The zero-order valence-electron chi connectivity index (χ0n) is 14.3. The van der Waals surface area contributed by atoms with Crippen molar-refractivity contribution in [3.8, 4) is 11.3 Å². The fourth-order valence-electron chi connectivity index (χ4n) is 3.16. The summed E-state index contributed by atoms with van der Waals surface area (Å²) in [6.45, 7) is 5.18. The Balaban J connectivity index is 1.56. The minimum atomic E-state index is 0.0467. The lowest BCUT2D eigenvalue weighted by atomic mass is 10.0. The lowest BCUT2D eigenvalue weighted by Gasteiger charge is -2.26. The van der Waals surface area contributed by atoms with Crippen LogP contribution in [0.2, 0.25) is 0 Å². The van der Waals surface area contributed by atoms with E-state index in [1.807, 2.05) is 43.0 Å². The van der Waals surface area contributed by atoms with Crippen molar-refractivity contribution in [2.24, 2.45) is 0 Å². The molecule has 6 heteroatoms. The Kier molecular flexibility index (Phi) is 3.80. The number of nitrogens with zero attached hydrogens (tertiary/aromatic N) is 4.